The Hall–Kier alpha value is -1.70. The largest absolute Gasteiger partial charge is 0.744 e. The molecule has 0 aliphatic heterocycles. The predicted octanol–water partition coefficient (Wildman–Crippen LogP) is 4.08. The van der Waals surface area contributed by atoms with E-state index in [0.29, 0.717) is 17.8 Å². The van der Waals surface area contributed by atoms with Crippen LogP contribution in [-0.4, -0.2) is 13.0 Å². The van der Waals surface area contributed by atoms with Crippen LogP contribution in [0.25, 0.3) is 0 Å². The van der Waals surface area contributed by atoms with Gasteiger partial charge in [-0.1, -0.05) is 89.6 Å². The van der Waals surface area contributed by atoms with Gasteiger partial charge < -0.3 is 4.55 Å². The van der Waals surface area contributed by atoms with Crippen LogP contribution in [0.1, 0.15) is 81.5 Å². The SMILES string of the molecule is CC(C)c1cc(C(C)C)c([I+]c2ccccc2)c(C(C)C)c1.Cc1ccc(S(=O)(=O)[O-])cc1. The van der Waals surface area contributed by atoms with E-state index in [9.17, 15) is 13.0 Å². The van der Waals surface area contributed by atoms with Gasteiger partial charge in [0.15, 0.2) is 3.57 Å². The first-order chi connectivity index (χ1) is 15.4. The van der Waals surface area contributed by atoms with Crippen molar-refractivity contribution in [2.24, 2.45) is 0 Å². The molecule has 0 aliphatic rings. The van der Waals surface area contributed by atoms with Crippen LogP contribution < -0.4 is 21.2 Å². The number of rotatable bonds is 6. The molecule has 0 unspecified atom stereocenters. The van der Waals surface area contributed by atoms with E-state index in [1.165, 1.54) is 21.3 Å². The summed E-state index contributed by atoms with van der Waals surface area (Å²) in [5.74, 6) is 1.78. The van der Waals surface area contributed by atoms with E-state index >= 15 is 0 Å². The minimum absolute atomic E-state index is 0.114. The number of benzene rings is 3. The minimum Gasteiger partial charge on any atom is -0.744 e. The van der Waals surface area contributed by atoms with Crippen molar-refractivity contribution in [3.63, 3.8) is 0 Å². The lowest BCUT2D eigenvalue weighted by Crippen LogP contribution is -3.62. The molecule has 3 nitrogen and oxygen atoms in total. The molecular formula is C28H35IO3S. The molecule has 0 saturated heterocycles. The Labute approximate surface area is 210 Å². The molecule has 3 rings (SSSR count). The molecule has 0 aromatic heterocycles. The molecule has 0 heterocycles. The third-order valence-corrected chi connectivity index (χ3v) is 9.28. The van der Waals surface area contributed by atoms with E-state index in [1.807, 2.05) is 6.92 Å². The molecule has 0 radical (unpaired) electrons. The quantitative estimate of drug-likeness (QED) is 0.327. The Morgan fingerprint density at radius 1 is 0.727 bits per heavy atom. The average Bonchev–Trinajstić information content (AvgIpc) is 2.74. The fourth-order valence-corrected chi connectivity index (χ4v) is 7.32. The summed E-state index contributed by atoms with van der Waals surface area (Å²) >= 11 is -0.114. The normalized spacial score (nSPS) is 11.6. The standard InChI is InChI=1S/C21H28I.C7H8O3S/c1-14(2)17-12-19(15(3)4)21(20(13-17)16(5)6)22-18-10-8-7-9-11-18;1-6-2-4-7(5-3-6)11(8,9)10/h7-16H,1-6H3;2-5H,1H3,(H,8,9,10)/q+1;/p-1. The lowest BCUT2D eigenvalue weighted by molar-refractivity contribution is -0.599. The molecule has 3 aromatic rings. The zero-order valence-corrected chi connectivity index (χ0v) is 23.6. The third kappa shape index (κ3) is 8.23. The summed E-state index contributed by atoms with van der Waals surface area (Å²) in [4.78, 5) is -0.178. The van der Waals surface area contributed by atoms with Crippen molar-refractivity contribution < 1.29 is 34.2 Å². The van der Waals surface area contributed by atoms with Crippen molar-refractivity contribution in [2.45, 2.75) is 71.1 Å². The van der Waals surface area contributed by atoms with Crippen molar-refractivity contribution in [1.29, 1.82) is 0 Å². The molecule has 0 aliphatic carbocycles. The highest BCUT2D eigenvalue weighted by molar-refractivity contribution is 7.85. The van der Waals surface area contributed by atoms with E-state index in [0.717, 1.165) is 5.56 Å². The van der Waals surface area contributed by atoms with Crippen LogP contribution >= 0.6 is 0 Å². The van der Waals surface area contributed by atoms with Gasteiger partial charge in [-0.15, -0.1) is 0 Å². The van der Waals surface area contributed by atoms with Gasteiger partial charge in [-0.3, -0.25) is 0 Å². The number of halogens is 1. The fraction of sp³-hybridized carbons (Fsp3) is 0.357. The molecule has 5 heteroatoms. The van der Waals surface area contributed by atoms with Gasteiger partial charge in [-0.05, 0) is 54.5 Å². The first-order valence-corrected chi connectivity index (χ1v) is 14.9. The van der Waals surface area contributed by atoms with Gasteiger partial charge in [0.05, 0.1) is 4.90 Å². The fourth-order valence-electron chi connectivity index (χ4n) is 3.27. The van der Waals surface area contributed by atoms with Gasteiger partial charge in [-0.25, -0.2) is 8.42 Å². The first kappa shape index (κ1) is 27.5. The summed E-state index contributed by atoms with van der Waals surface area (Å²) in [5, 5.41) is 0. The highest BCUT2D eigenvalue weighted by Crippen LogP contribution is 2.27. The Morgan fingerprint density at radius 2 is 1.21 bits per heavy atom. The molecule has 0 N–H and O–H groups in total. The van der Waals surface area contributed by atoms with Gasteiger partial charge in [0.2, 0.25) is 3.57 Å². The number of hydrogen-bond acceptors (Lipinski definition) is 3. The maximum atomic E-state index is 10.4. The van der Waals surface area contributed by atoms with Crippen molar-refractivity contribution in [1.82, 2.24) is 0 Å². The summed E-state index contributed by atoms with van der Waals surface area (Å²) in [5.41, 5.74) is 5.57. The van der Waals surface area contributed by atoms with E-state index in [2.05, 4.69) is 84.0 Å². The van der Waals surface area contributed by atoms with E-state index in [1.54, 1.807) is 26.8 Å². The van der Waals surface area contributed by atoms with Crippen molar-refractivity contribution in [3.05, 3.63) is 96.1 Å². The van der Waals surface area contributed by atoms with Crippen molar-refractivity contribution in [3.8, 4) is 0 Å². The topological polar surface area (TPSA) is 57.2 Å². The van der Waals surface area contributed by atoms with Gasteiger partial charge in [0.1, 0.15) is 10.1 Å². The van der Waals surface area contributed by atoms with Crippen LogP contribution in [0.15, 0.2) is 71.6 Å². The Kier molecular flexibility index (Phi) is 10.1. The number of aryl methyl sites for hydroxylation is 1. The molecule has 0 bridgehead atoms. The zero-order chi connectivity index (χ0) is 24.8. The first-order valence-electron chi connectivity index (χ1n) is 11.3. The molecule has 3 aromatic carbocycles. The molecule has 178 valence electrons. The highest BCUT2D eigenvalue weighted by atomic mass is 127. The lowest BCUT2D eigenvalue weighted by atomic mass is 9.90. The second-order valence-corrected chi connectivity index (χ2v) is 13.4. The molecule has 0 saturated carbocycles. The smallest absolute Gasteiger partial charge is 0.358 e. The summed E-state index contributed by atoms with van der Waals surface area (Å²) < 4.78 is 34.3. The van der Waals surface area contributed by atoms with Gasteiger partial charge in [0, 0.05) is 11.1 Å². The second-order valence-electron chi connectivity index (χ2n) is 9.13. The summed E-state index contributed by atoms with van der Waals surface area (Å²) in [6.45, 7) is 15.8. The maximum Gasteiger partial charge on any atom is 0.358 e. The predicted molar refractivity (Wildman–Crippen MR) is 132 cm³/mol. The maximum absolute atomic E-state index is 10.4. The molecule has 0 spiro atoms. The van der Waals surface area contributed by atoms with Crippen LogP contribution in [0.2, 0.25) is 0 Å². The monoisotopic (exact) mass is 578 g/mol. The van der Waals surface area contributed by atoms with E-state index in [-0.39, 0.29) is 26.1 Å². The van der Waals surface area contributed by atoms with Crippen LogP contribution in [0.5, 0.6) is 0 Å². The molecular weight excluding hydrogens is 543 g/mol. The number of hydrogen-bond donors (Lipinski definition) is 0. The average molecular weight is 579 g/mol. The summed E-state index contributed by atoms with van der Waals surface area (Å²) in [6.07, 6.45) is 0. The van der Waals surface area contributed by atoms with Crippen LogP contribution in [0.4, 0.5) is 0 Å². The zero-order valence-electron chi connectivity index (χ0n) is 20.6. The minimum atomic E-state index is -4.27. The van der Waals surface area contributed by atoms with E-state index in [4.69, 9.17) is 0 Å². The second kappa shape index (κ2) is 12.1. The Bertz CT molecular complexity index is 1100. The highest BCUT2D eigenvalue weighted by Gasteiger charge is 2.28. The molecule has 33 heavy (non-hydrogen) atoms. The van der Waals surface area contributed by atoms with Crippen LogP contribution in [-0.2, 0) is 10.1 Å². The van der Waals surface area contributed by atoms with E-state index < -0.39 is 10.1 Å². The molecule has 0 atom stereocenters. The molecule has 0 fully saturated rings. The Morgan fingerprint density at radius 3 is 1.61 bits per heavy atom. The summed E-state index contributed by atoms with van der Waals surface area (Å²) in [7, 11) is -4.27. The summed E-state index contributed by atoms with van der Waals surface area (Å²) in [6, 6.07) is 21.8. The van der Waals surface area contributed by atoms with Gasteiger partial charge in [-0.2, -0.15) is 0 Å². The van der Waals surface area contributed by atoms with Crippen molar-refractivity contribution in [2.75, 3.05) is 0 Å². The van der Waals surface area contributed by atoms with Crippen LogP contribution in [0.3, 0.4) is 0 Å². The lowest BCUT2D eigenvalue weighted by Gasteiger charge is -2.17. The third-order valence-electron chi connectivity index (χ3n) is 5.31. The van der Waals surface area contributed by atoms with Crippen molar-refractivity contribution >= 4 is 10.1 Å². The van der Waals surface area contributed by atoms with Crippen LogP contribution in [0, 0.1) is 14.1 Å². The van der Waals surface area contributed by atoms with Gasteiger partial charge in [0.25, 0.3) is 0 Å². The Balaban J connectivity index is 0.000000294. The molecule has 0 amide bonds. The van der Waals surface area contributed by atoms with Gasteiger partial charge >= 0.3 is 21.2 Å².